The summed E-state index contributed by atoms with van der Waals surface area (Å²) >= 11 is 0. The first-order valence-corrected chi connectivity index (χ1v) is 7.08. The Hall–Kier alpha value is -2.83. The minimum absolute atomic E-state index is 0.123. The first-order valence-electron chi connectivity index (χ1n) is 7.08. The van der Waals surface area contributed by atoms with Gasteiger partial charge in [0.1, 0.15) is 0 Å². The second kappa shape index (κ2) is 7.16. The first-order chi connectivity index (χ1) is 11.3. The molecule has 0 spiro atoms. The van der Waals surface area contributed by atoms with Crippen molar-refractivity contribution >= 4 is 17.5 Å². The van der Waals surface area contributed by atoms with Crippen LogP contribution in [0.1, 0.15) is 21.5 Å². The van der Waals surface area contributed by atoms with E-state index >= 15 is 0 Å². The van der Waals surface area contributed by atoms with E-state index in [0.29, 0.717) is 5.69 Å². The summed E-state index contributed by atoms with van der Waals surface area (Å²) in [6.45, 7) is 0. The van der Waals surface area contributed by atoms with Crippen LogP contribution >= 0.6 is 0 Å². The predicted molar refractivity (Wildman–Crippen MR) is 83.6 cm³/mol. The number of anilines is 1. The third-order valence-electron chi connectivity index (χ3n) is 3.33. The number of hydrogen-bond acceptors (Lipinski definition) is 2. The Balaban J connectivity index is 2.03. The predicted octanol–water partition coefficient (Wildman–Crippen LogP) is 3.25. The number of benzene rings is 2. The summed E-state index contributed by atoms with van der Waals surface area (Å²) in [4.78, 5) is 23.3. The van der Waals surface area contributed by atoms with Crippen LogP contribution in [0.2, 0.25) is 0 Å². The van der Waals surface area contributed by atoms with Gasteiger partial charge in [0.15, 0.2) is 0 Å². The topological polar surface area (TPSA) is 58.2 Å². The number of halogens is 3. The number of carbonyl (C=O) groups excluding carboxylic acids is 2. The number of nitrogens with one attached hydrogen (secondary N) is 2. The molecular formula is C17H15F3N2O2. The molecule has 126 valence electrons. The van der Waals surface area contributed by atoms with E-state index in [0.717, 1.165) is 29.8 Å². The number of carbonyl (C=O) groups is 2. The Bertz CT molecular complexity index is 723. The highest BCUT2D eigenvalue weighted by Crippen LogP contribution is 2.29. The molecule has 0 heterocycles. The molecule has 24 heavy (non-hydrogen) atoms. The van der Waals surface area contributed by atoms with Gasteiger partial charge in [0.05, 0.1) is 12.0 Å². The summed E-state index contributed by atoms with van der Waals surface area (Å²) in [5.41, 5.74) is 0.581. The summed E-state index contributed by atoms with van der Waals surface area (Å²) in [5, 5.41) is 5.10. The molecule has 0 aromatic heterocycles. The fourth-order valence-corrected chi connectivity index (χ4v) is 1.99. The SMILES string of the molecule is CNC(=O)Cc1ccc(NC(=O)c2ccc(C(F)(F)F)cc2)cc1. The third kappa shape index (κ3) is 4.58. The van der Waals surface area contributed by atoms with Crippen LogP contribution in [0, 0.1) is 0 Å². The molecule has 7 heteroatoms. The monoisotopic (exact) mass is 336 g/mol. The number of alkyl halides is 3. The smallest absolute Gasteiger partial charge is 0.359 e. The lowest BCUT2D eigenvalue weighted by molar-refractivity contribution is -0.137. The number of rotatable bonds is 4. The lowest BCUT2D eigenvalue weighted by atomic mass is 10.1. The molecule has 2 rings (SSSR count). The maximum absolute atomic E-state index is 12.5. The zero-order valence-electron chi connectivity index (χ0n) is 12.8. The summed E-state index contributed by atoms with van der Waals surface area (Å²) < 4.78 is 37.5. The lowest BCUT2D eigenvalue weighted by Crippen LogP contribution is -2.19. The Morgan fingerprint density at radius 1 is 0.958 bits per heavy atom. The molecule has 0 atom stereocenters. The molecule has 2 aromatic carbocycles. The van der Waals surface area contributed by atoms with E-state index in [1.54, 1.807) is 31.3 Å². The van der Waals surface area contributed by atoms with Crippen LogP contribution in [-0.2, 0) is 17.4 Å². The highest BCUT2D eigenvalue weighted by atomic mass is 19.4. The number of amides is 2. The van der Waals surface area contributed by atoms with E-state index in [4.69, 9.17) is 0 Å². The second-order valence-corrected chi connectivity index (χ2v) is 5.08. The van der Waals surface area contributed by atoms with Crippen molar-refractivity contribution in [3.05, 3.63) is 65.2 Å². The molecule has 2 N–H and O–H groups in total. The van der Waals surface area contributed by atoms with Gasteiger partial charge in [-0.2, -0.15) is 13.2 Å². The van der Waals surface area contributed by atoms with E-state index in [2.05, 4.69) is 10.6 Å². The maximum Gasteiger partial charge on any atom is 0.416 e. The van der Waals surface area contributed by atoms with E-state index in [1.165, 1.54) is 0 Å². The van der Waals surface area contributed by atoms with E-state index in [1.807, 2.05) is 0 Å². The van der Waals surface area contributed by atoms with Crippen LogP contribution in [0.4, 0.5) is 18.9 Å². The van der Waals surface area contributed by atoms with Gasteiger partial charge < -0.3 is 10.6 Å². The molecule has 4 nitrogen and oxygen atoms in total. The molecule has 0 aliphatic rings. The Morgan fingerprint density at radius 3 is 2.04 bits per heavy atom. The van der Waals surface area contributed by atoms with Gasteiger partial charge >= 0.3 is 6.18 Å². The van der Waals surface area contributed by atoms with E-state index in [9.17, 15) is 22.8 Å². The normalized spacial score (nSPS) is 11.0. The highest BCUT2D eigenvalue weighted by Gasteiger charge is 2.30. The molecule has 0 bridgehead atoms. The van der Waals surface area contributed by atoms with Crippen molar-refractivity contribution in [2.75, 3.05) is 12.4 Å². The van der Waals surface area contributed by atoms with Gasteiger partial charge in [-0.05, 0) is 42.0 Å². The maximum atomic E-state index is 12.5. The molecule has 0 aliphatic heterocycles. The standard InChI is InChI=1S/C17H15F3N2O2/c1-21-15(23)10-11-2-8-14(9-3-11)22-16(24)12-4-6-13(7-5-12)17(18,19)20/h2-9H,10H2,1H3,(H,21,23)(H,22,24). The van der Waals surface area contributed by atoms with Crippen LogP contribution in [0.5, 0.6) is 0 Å². The van der Waals surface area contributed by atoms with Crippen molar-refractivity contribution in [3.63, 3.8) is 0 Å². The van der Waals surface area contributed by atoms with Gasteiger partial charge in [0, 0.05) is 18.3 Å². The van der Waals surface area contributed by atoms with Crippen molar-refractivity contribution in [2.45, 2.75) is 12.6 Å². The molecule has 0 aliphatic carbocycles. The zero-order valence-corrected chi connectivity index (χ0v) is 12.8. The Morgan fingerprint density at radius 2 is 1.54 bits per heavy atom. The summed E-state index contributed by atoms with van der Waals surface area (Å²) in [7, 11) is 1.54. The number of likely N-dealkylation sites (N-methyl/N-ethyl adjacent to an activating group) is 1. The van der Waals surface area contributed by atoms with Gasteiger partial charge in [0.25, 0.3) is 5.91 Å². The average Bonchev–Trinajstić information content (AvgIpc) is 2.55. The van der Waals surface area contributed by atoms with Crippen LogP contribution in [0.25, 0.3) is 0 Å². The Kier molecular flexibility index (Phi) is 5.23. The summed E-state index contributed by atoms with van der Waals surface area (Å²) in [6.07, 6.45) is -4.21. The summed E-state index contributed by atoms with van der Waals surface area (Å²) in [6, 6.07) is 10.6. The Labute approximate surface area is 136 Å². The molecule has 0 unspecified atom stereocenters. The largest absolute Gasteiger partial charge is 0.416 e. The third-order valence-corrected chi connectivity index (χ3v) is 3.33. The number of hydrogen-bond donors (Lipinski definition) is 2. The van der Waals surface area contributed by atoms with E-state index < -0.39 is 17.6 Å². The van der Waals surface area contributed by atoms with Crippen molar-refractivity contribution in [1.29, 1.82) is 0 Å². The van der Waals surface area contributed by atoms with Crippen LogP contribution < -0.4 is 10.6 Å². The van der Waals surface area contributed by atoms with Crippen LogP contribution in [0.15, 0.2) is 48.5 Å². The minimum Gasteiger partial charge on any atom is -0.359 e. The van der Waals surface area contributed by atoms with Gasteiger partial charge in [-0.15, -0.1) is 0 Å². The molecule has 0 fully saturated rings. The quantitative estimate of drug-likeness (QED) is 0.900. The van der Waals surface area contributed by atoms with Gasteiger partial charge in [0.2, 0.25) is 5.91 Å². The first kappa shape index (κ1) is 17.5. The van der Waals surface area contributed by atoms with Crippen molar-refractivity contribution in [1.82, 2.24) is 5.32 Å². The zero-order chi connectivity index (χ0) is 17.7. The molecule has 2 amide bonds. The molecule has 0 saturated carbocycles. The summed E-state index contributed by atoms with van der Waals surface area (Å²) in [5.74, 6) is -0.640. The molecule has 0 radical (unpaired) electrons. The van der Waals surface area contributed by atoms with Gasteiger partial charge in [-0.25, -0.2) is 0 Å². The molecular weight excluding hydrogens is 321 g/mol. The van der Waals surface area contributed by atoms with Crippen molar-refractivity contribution in [3.8, 4) is 0 Å². The minimum atomic E-state index is -4.43. The van der Waals surface area contributed by atoms with Gasteiger partial charge in [-0.1, -0.05) is 12.1 Å². The fourth-order valence-electron chi connectivity index (χ4n) is 1.99. The van der Waals surface area contributed by atoms with E-state index in [-0.39, 0.29) is 17.9 Å². The molecule has 0 saturated heterocycles. The average molecular weight is 336 g/mol. The molecule has 2 aromatic rings. The van der Waals surface area contributed by atoms with Crippen molar-refractivity contribution in [2.24, 2.45) is 0 Å². The second-order valence-electron chi connectivity index (χ2n) is 5.08. The fraction of sp³-hybridized carbons (Fsp3) is 0.176. The lowest BCUT2D eigenvalue weighted by Gasteiger charge is -2.09. The van der Waals surface area contributed by atoms with Crippen LogP contribution in [0.3, 0.4) is 0 Å². The van der Waals surface area contributed by atoms with Gasteiger partial charge in [-0.3, -0.25) is 9.59 Å². The van der Waals surface area contributed by atoms with Crippen LogP contribution in [-0.4, -0.2) is 18.9 Å². The highest BCUT2D eigenvalue weighted by molar-refractivity contribution is 6.04. The van der Waals surface area contributed by atoms with Crippen molar-refractivity contribution < 1.29 is 22.8 Å².